The minimum Gasteiger partial charge on any atom is -0.0623 e. The molecule has 0 saturated carbocycles. The van der Waals surface area contributed by atoms with Gasteiger partial charge in [-0.2, -0.15) is 0 Å². The largest absolute Gasteiger partial charge is 0.0623 e. The van der Waals surface area contributed by atoms with Crippen LogP contribution in [0, 0.1) is 0 Å². The van der Waals surface area contributed by atoms with Crippen LogP contribution in [0.2, 0.25) is 0 Å². The Bertz CT molecular complexity index is 44.0. The maximum Gasteiger partial charge on any atom is 0 e. The summed E-state index contributed by atoms with van der Waals surface area (Å²) in [5.74, 6) is 0. The van der Waals surface area contributed by atoms with E-state index >= 15 is 0 Å². The van der Waals surface area contributed by atoms with E-state index in [-0.39, 0.29) is 16.8 Å². The summed E-state index contributed by atoms with van der Waals surface area (Å²) in [6.07, 6.45) is 8.00. The van der Waals surface area contributed by atoms with Crippen LogP contribution in [0.1, 0.15) is 0 Å². The first-order valence-electron chi connectivity index (χ1n) is 1.33. The summed E-state index contributed by atoms with van der Waals surface area (Å²) in [5, 5.41) is 0. The van der Waals surface area contributed by atoms with Crippen molar-refractivity contribution in [2.75, 3.05) is 0 Å². The van der Waals surface area contributed by atoms with Gasteiger partial charge in [0.15, 0.2) is 0 Å². The van der Waals surface area contributed by atoms with Crippen LogP contribution in [0.4, 0.5) is 0 Å². The quantitative estimate of drug-likeness (QED) is 0.439. The second-order valence-corrected chi connectivity index (χ2v) is 0.770. The van der Waals surface area contributed by atoms with Crippen molar-refractivity contribution >= 4 is 0 Å². The third-order valence-electron chi connectivity index (χ3n) is 0.444. The Morgan fingerprint density at radius 1 is 0.600 bits per heavy atom. The van der Waals surface area contributed by atoms with E-state index in [0.29, 0.717) is 0 Å². The zero-order valence-corrected chi connectivity index (χ0v) is 3.68. The summed E-state index contributed by atoms with van der Waals surface area (Å²) in [5.41, 5.74) is 0. The molecule has 0 aromatic carbocycles. The van der Waals surface area contributed by atoms with Gasteiger partial charge < -0.3 is 0 Å². The van der Waals surface area contributed by atoms with Crippen LogP contribution in [0.3, 0.4) is 0 Å². The molecule has 0 aliphatic heterocycles. The van der Waals surface area contributed by atoms with Crippen LogP contribution in [-0.2, 0) is 16.8 Å². The molecular weight excluding hydrogens is 107 g/mol. The number of allylic oxidation sites excluding steroid dienone is 4. The monoisotopic (exact) mass is 111 g/mol. The van der Waals surface area contributed by atoms with Gasteiger partial charge in [-0.05, 0) is 0 Å². The molecule has 0 saturated heterocycles. The van der Waals surface area contributed by atoms with Crippen LogP contribution < -0.4 is 0 Å². The average molecular weight is 111 g/mol. The molecule has 1 aliphatic rings. The fourth-order valence-corrected chi connectivity index (χ4v) is 0.111. The molecule has 0 heterocycles. The standard InChI is InChI=1S/C4H4.Co/c1-2-4-3-1;/h1-4H;. The van der Waals surface area contributed by atoms with Gasteiger partial charge in [0.05, 0.1) is 0 Å². The fourth-order valence-electron chi connectivity index (χ4n) is 0.111. The summed E-state index contributed by atoms with van der Waals surface area (Å²) >= 11 is 0. The summed E-state index contributed by atoms with van der Waals surface area (Å²) in [7, 11) is 0. The molecule has 5 heavy (non-hydrogen) atoms. The van der Waals surface area contributed by atoms with Crippen LogP contribution in [0.25, 0.3) is 0 Å². The van der Waals surface area contributed by atoms with Gasteiger partial charge in [0.1, 0.15) is 0 Å². The van der Waals surface area contributed by atoms with Crippen molar-refractivity contribution in [1.29, 1.82) is 0 Å². The normalized spacial score (nSPS) is 12.8. The molecule has 0 nitrogen and oxygen atoms in total. The Morgan fingerprint density at radius 3 is 0.800 bits per heavy atom. The Balaban J connectivity index is 0.000000160. The van der Waals surface area contributed by atoms with Gasteiger partial charge in [-0.1, -0.05) is 24.3 Å². The first-order chi connectivity index (χ1) is 2.00. The van der Waals surface area contributed by atoms with Crippen molar-refractivity contribution < 1.29 is 16.8 Å². The van der Waals surface area contributed by atoms with Crippen molar-refractivity contribution in [3.8, 4) is 0 Å². The Labute approximate surface area is 41.8 Å². The van der Waals surface area contributed by atoms with Crippen LogP contribution in [0.5, 0.6) is 0 Å². The fraction of sp³-hybridized carbons (Fsp3) is 0. The first kappa shape index (κ1) is 4.99. The summed E-state index contributed by atoms with van der Waals surface area (Å²) < 4.78 is 0. The third kappa shape index (κ3) is 0.990. The van der Waals surface area contributed by atoms with Gasteiger partial charge in [-0.25, -0.2) is 0 Å². The maximum atomic E-state index is 2.00. The number of rotatable bonds is 0. The SMILES string of the molecule is C1=CC=C1.[Co]. The van der Waals surface area contributed by atoms with Gasteiger partial charge in [0.25, 0.3) is 0 Å². The topological polar surface area (TPSA) is 0 Å². The minimum absolute atomic E-state index is 0. The average Bonchev–Trinajstić information content (AvgIpc) is 0.722. The molecule has 0 aromatic heterocycles. The molecular formula is C4H4Co. The van der Waals surface area contributed by atoms with Gasteiger partial charge in [0, 0.05) is 16.8 Å². The van der Waals surface area contributed by atoms with Crippen LogP contribution in [0.15, 0.2) is 24.3 Å². The predicted octanol–water partition coefficient (Wildman–Crippen LogP) is 1.11. The smallest absolute Gasteiger partial charge is 0 e. The Hall–Kier alpha value is -0.0135. The van der Waals surface area contributed by atoms with Crippen molar-refractivity contribution in [3.63, 3.8) is 0 Å². The zero-order chi connectivity index (χ0) is 2.83. The second kappa shape index (κ2) is 2.24. The van der Waals surface area contributed by atoms with Gasteiger partial charge >= 0.3 is 0 Å². The zero-order valence-electron chi connectivity index (χ0n) is 2.64. The molecule has 0 N–H and O–H groups in total. The van der Waals surface area contributed by atoms with Gasteiger partial charge in [0.2, 0.25) is 0 Å². The van der Waals surface area contributed by atoms with E-state index in [0.717, 1.165) is 0 Å². The molecule has 1 aliphatic carbocycles. The Morgan fingerprint density at radius 2 is 0.800 bits per heavy atom. The molecule has 1 heteroatoms. The Kier molecular flexibility index (Phi) is 2.23. The summed E-state index contributed by atoms with van der Waals surface area (Å²) in [6, 6.07) is 0. The minimum atomic E-state index is 0. The molecule has 0 amide bonds. The summed E-state index contributed by atoms with van der Waals surface area (Å²) in [6.45, 7) is 0. The first-order valence-corrected chi connectivity index (χ1v) is 1.33. The van der Waals surface area contributed by atoms with Gasteiger partial charge in [-0.15, -0.1) is 0 Å². The molecule has 0 spiro atoms. The summed E-state index contributed by atoms with van der Waals surface area (Å²) in [4.78, 5) is 0. The number of hydrogen-bond acceptors (Lipinski definition) is 0. The van der Waals surface area contributed by atoms with E-state index in [1.165, 1.54) is 0 Å². The maximum absolute atomic E-state index is 2.00. The molecule has 29 valence electrons. The predicted molar refractivity (Wildman–Crippen MR) is 18.3 cm³/mol. The molecule has 0 fully saturated rings. The molecule has 0 aromatic rings. The van der Waals surface area contributed by atoms with E-state index in [4.69, 9.17) is 0 Å². The van der Waals surface area contributed by atoms with Crippen molar-refractivity contribution in [3.05, 3.63) is 24.3 Å². The molecule has 0 atom stereocenters. The number of hydrogen-bond donors (Lipinski definition) is 0. The third-order valence-corrected chi connectivity index (χ3v) is 0.444. The van der Waals surface area contributed by atoms with E-state index in [9.17, 15) is 0 Å². The van der Waals surface area contributed by atoms with Crippen molar-refractivity contribution in [1.82, 2.24) is 0 Å². The van der Waals surface area contributed by atoms with Crippen molar-refractivity contribution in [2.24, 2.45) is 0 Å². The second-order valence-electron chi connectivity index (χ2n) is 0.770. The molecule has 0 unspecified atom stereocenters. The molecule has 1 radical (unpaired) electrons. The van der Waals surface area contributed by atoms with E-state index < -0.39 is 0 Å². The van der Waals surface area contributed by atoms with E-state index in [1.54, 1.807) is 0 Å². The van der Waals surface area contributed by atoms with Crippen LogP contribution >= 0.6 is 0 Å². The van der Waals surface area contributed by atoms with E-state index in [2.05, 4.69) is 0 Å². The van der Waals surface area contributed by atoms with Crippen LogP contribution in [-0.4, -0.2) is 0 Å². The van der Waals surface area contributed by atoms with E-state index in [1.807, 2.05) is 24.3 Å². The van der Waals surface area contributed by atoms with Crippen molar-refractivity contribution in [2.45, 2.75) is 0 Å². The molecule has 0 bridgehead atoms. The molecule has 1 rings (SSSR count). The van der Waals surface area contributed by atoms with Gasteiger partial charge in [-0.3, -0.25) is 0 Å².